The van der Waals surface area contributed by atoms with Crippen molar-refractivity contribution in [2.24, 2.45) is 0 Å². The first-order valence-electron chi connectivity index (χ1n) is 6.77. The molecule has 2 aromatic rings. The molecule has 112 valence electrons. The van der Waals surface area contributed by atoms with E-state index in [0.717, 1.165) is 11.9 Å². The van der Waals surface area contributed by atoms with Gasteiger partial charge in [0.05, 0.1) is 11.9 Å². The van der Waals surface area contributed by atoms with Crippen LogP contribution in [0.4, 0.5) is 5.69 Å². The third kappa shape index (κ3) is 3.82. The average molecular weight is 304 g/mol. The summed E-state index contributed by atoms with van der Waals surface area (Å²) in [7, 11) is -3.25. The van der Waals surface area contributed by atoms with E-state index in [4.69, 9.17) is 0 Å². The van der Waals surface area contributed by atoms with Crippen LogP contribution in [-0.2, 0) is 9.84 Å². The highest BCUT2D eigenvalue weighted by Gasteiger charge is 2.11. The first-order chi connectivity index (χ1) is 9.77. The lowest BCUT2D eigenvalue weighted by atomic mass is 10.00. The Morgan fingerprint density at radius 1 is 1.14 bits per heavy atom. The monoisotopic (exact) mass is 304 g/mol. The normalized spacial score (nSPS) is 13.0. The smallest absolute Gasteiger partial charge is 0.192 e. The van der Waals surface area contributed by atoms with Gasteiger partial charge in [-0.1, -0.05) is 23.8 Å². The summed E-state index contributed by atoms with van der Waals surface area (Å²) in [5.74, 6) is 0. The Kier molecular flexibility index (Phi) is 4.32. The predicted octanol–water partition coefficient (Wildman–Crippen LogP) is 3.28. The summed E-state index contributed by atoms with van der Waals surface area (Å²) in [5.41, 5.74) is 4.47. The summed E-state index contributed by atoms with van der Waals surface area (Å²) in [4.78, 5) is 3.99. The van der Waals surface area contributed by atoms with Crippen molar-refractivity contribution in [2.75, 3.05) is 11.6 Å². The Bertz CT molecular complexity index is 737. The molecule has 2 rings (SSSR count). The molecular weight excluding hydrogens is 284 g/mol. The molecule has 5 heteroatoms. The second-order valence-corrected chi connectivity index (χ2v) is 7.35. The molecule has 1 aromatic heterocycles. The van der Waals surface area contributed by atoms with E-state index in [-0.39, 0.29) is 11.1 Å². The van der Waals surface area contributed by atoms with Crippen molar-refractivity contribution in [3.8, 4) is 0 Å². The van der Waals surface area contributed by atoms with Gasteiger partial charge in [-0.15, -0.1) is 0 Å². The lowest BCUT2D eigenvalue weighted by Gasteiger charge is -2.18. The Morgan fingerprint density at radius 3 is 2.43 bits per heavy atom. The van der Waals surface area contributed by atoms with Crippen molar-refractivity contribution >= 4 is 15.5 Å². The highest BCUT2D eigenvalue weighted by molar-refractivity contribution is 7.90. The zero-order valence-corrected chi connectivity index (χ0v) is 13.5. The summed E-state index contributed by atoms with van der Waals surface area (Å²) >= 11 is 0. The third-order valence-corrected chi connectivity index (χ3v) is 4.40. The van der Waals surface area contributed by atoms with E-state index < -0.39 is 9.84 Å². The van der Waals surface area contributed by atoms with E-state index in [1.165, 1.54) is 22.8 Å². The van der Waals surface area contributed by atoms with Gasteiger partial charge in [-0.3, -0.25) is 0 Å². The number of rotatable bonds is 4. The highest BCUT2D eigenvalue weighted by atomic mass is 32.2. The van der Waals surface area contributed by atoms with Gasteiger partial charge in [-0.25, -0.2) is 13.4 Å². The maximum Gasteiger partial charge on any atom is 0.192 e. The van der Waals surface area contributed by atoms with Crippen LogP contribution in [0.5, 0.6) is 0 Å². The Hall–Kier alpha value is -1.88. The minimum absolute atomic E-state index is 0.0902. The lowest BCUT2D eigenvalue weighted by molar-refractivity contribution is 0.598. The number of anilines is 1. The fourth-order valence-corrected chi connectivity index (χ4v) is 2.80. The lowest BCUT2D eigenvalue weighted by Crippen LogP contribution is -2.09. The molecule has 1 aromatic carbocycles. The Balaban J connectivity index is 2.20. The molecule has 1 N–H and O–H groups in total. The second-order valence-electron chi connectivity index (χ2n) is 5.38. The molecule has 0 saturated heterocycles. The Labute approximate surface area is 126 Å². The molecule has 1 unspecified atom stereocenters. The number of aromatic nitrogens is 1. The van der Waals surface area contributed by atoms with Crippen molar-refractivity contribution < 1.29 is 8.42 Å². The molecule has 0 aliphatic carbocycles. The van der Waals surface area contributed by atoms with E-state index in [0.29, 0.717) is 0 Å². The van der Waals surface area contributed by atoms with Gasteiger partial charge < -0.3 is 5.32 Å². The molecule has 0 spiro atoms. The van der Waals surface area contributed by atoms with Gasteiger partial charge in [0.2, 0.25) is 0 Å². The van der Waals surface area contributed by atoms with Gasteiger partial charge in [0.15, 0.2) is 14.9 Å². The number of hydrogen-bond donors (Lipinski definition) is 1. The van der Waals surface area contributed by atoms with Crippen LogP contribution in [0.25, 0.3) is 0 Å². The van der Waals surface area contributed by atoms with E-state index in [9.17, 15) is 8.42 Å². The van der Waals surface area contributed by atoms with Gasteiger partial charge in [-0.2, -0.15) is 0 Å². The van der Waals surface area contributed by atoms with E-state index in [1.807, 2.05) is 0 Å². The number of sulfone groups is 1. The first kappa shape index (κ1) is 15.5. The fraction of sp³-hybridized carbons (Fsp3) is 0.312. The fourth-order valence-electron chi connectivity index (χ4n) is 2.24. The average Bonchev–Trinajstić information content (AvgIpc) is 2.41. The zero-order chi connectivity index (χ0) is 15.6. The minimum atomic E-state index is -3.25. The molecule has 1 heterocycles. The number of pyridine rings is 1. The summed E-state index contributed by atoms with van der Waals surface area (Å²) in [6, 6.07) is 9.74. The summed E-state index contributed by atoms with van der Waals surface area (Å²) in [6.07, 6.45) is 2.71. The maximum absolute atomic E-state index is 11.4. The van der Waals surface area contributed by atoms with Crippen molar-refractivity contribution in [2.45, 2.75) is 31.8 Å². The molecule has 0 aliphatic heterocycles. The van der Waals surface area contributed by atoms with E-state index >= 15 is 0 Å². The van der Waals surface area contributed by atoms with Crippen LogP contribution in [0, 0.1) is 13.8 Å². The second kappa shape index (κ2) is 5.85. The number of benzene rings is 1. The summed E-state index contributed by atoms with van der Waals surface area (Å²) < 4.78 is 22.8. The largest absolute Gasteiger partial charge is 0.377 e. The number of aryl methyl sites for hydroxylation is 2. The molecule has 0 fully saturated rings. The van der Waals surface area contributed by atoms with Gasteiger partial charge in [0.1, 0.15) is 0 Å². The van der Waals surface area contributed by atoms with Gasteiger partial charge in [0.25, 0.3) is 0 Å². The van der Waals surface area contributed by atoms with Crippen molar-refractivity contribution in [1.29, 1.82) is 0 Å². The van der Waals surface area contributed by atoms with E-state index in [2.05, 4.69) is 49.3 Å². The maximum atomic E-state index is 11.4. The predicted molar refractivity (Wildman–Crippen MR) is 85.3 cm³/mol. The van der Waals surface area contributed by atoms with Gasteiger partial charge in [-0.05, 0) is 44.0 Å². The van der Waals surface area contributed by atoms with Crippen molar-refractivity contribution in [3.63, 3.8) is 0 Å². The van der Waals surface area contributed by atoms with Crippen LogP contribution in [0.2, 0.25) is 0 Å². The van der Waals surface area contributed by atoms with Crippen molar-refractivity contribution in [1.82, 2.24) is 4.98 Å². The molecule has 0 radical (unpaired) electrons. The standard InChI is InChI=1S/C16H20N2O2S/c1-11-5-6-12(2)15(9-11)13(3)18-14-7-8-16(17-10-14)21(4,19)20/h5-10,13,18H,1-4H3. The highest BCUT2D eigenvalue weighted by Crippen LogP contribution is 2.23. The topological polar surface area (TPSA) is 59.1 Å². The quantitative estimate of drug-likeness (QED) is 0.941. The van der Waals surface area contributed by atoms with Crippen molar-refractivity contribution in [3.05, 3.63) is 53.2 Å². The number of nitrogens with one attached hydrogen (secondary N) is 1. The SMILES string of the molecule is Cc1ccc(C)c(C(C)Nc2ccc(S(C)(=O)=O)nc2)c1. The molecule has 0 saturated carbocycles. The van der Waals surface area contributed by atoms with E-state index in [1.54, 1.807) is 12.3 Å². The molecular formula is C16H20N2O2S. The van der Waals surface area contributed by atoms with Crippen LogP contribution in [0.1, 0.15) is 29.7 Å². The third-order valence-electron chi connectivity index (χ3n) is 3.40. The molecule has 0 amide bonds. The zero-order valence-electron chi connectivity index (χ0n) is 12.7. The molecule has 0 bridgehead atoms. The molecule has 21 heavy (non-hydrogen) atoms. The van der Waals surface area contributed by atoms with Crippen LogP contribution in [0.3, 0.4) is 0 Å². The van der Waals surface area contributed by atoms with Crippen LogP contribution in [-0.4, -0.2) is 19.7 Å². The Morgan fingerprint density at radius 2 is 1.86 bits per heavy atom. The van der Waals surface area contributed by atoms with Crippen LogP contribution in [0.15, 0.2) is 41.6 Å². The summed E-state index contributed by atoms with van der Waals surface area (Å²) in [5, 5.41) is 3.44. The minimum Gasteiger partial charge on any atom is -0.377 e. The number of nitrogens with zero attached hydrogens (tertiary/aromatic N) is 1. The molecule has 0 aliphatic rings. The van der Waals surface area contributed by atoms with Crippen LogP contribution < -0.4 is 5.32 Å². The number of hydrogen-bond acceptors (Lipinski definition) is 4. The van der Waals surface area contributed by atoms with Gasteiger partial charge in [0, 0.05) is 12.3 Å². The van der Waals surface area contributed by atoms with Crippen LogP contribution >= 0.6 is 0 Å². The molecule has 1 atom stereocenters. The van der Waals surface area contributed by atoms with Gasteiger partial charge >= 0.3 is 0 Å². The molecule has 4 nitrogen and oxygen atoms in total. The summed E-state index contributed by atoms with van der Waals surface area (Å²) in [6.45, 7) is 6.22. The first-order valence-corrected chi connectivity index (χ1v) is 8.66.